The van der Waals surface area contributed by atoms with Crippen LogP contribution >= 0.6 is 0 Å². The van der Waals surface area contributed by atoms with Crippen LogP contribution < -0.4 is 15.2 Å². The number of hydrogen-bond acceptors (Lipinski definition) is 5. The lowest BCUT2D eigenvalue weighted by molar-refractivity contribution is 0.295. The fraction of sp³-hybridized carbons (Fsp3) is 0.286. The van der Waals surface area contributed by atoms with Gasteiger partial charge in [-0.05, 0) is 24.3 Å². The Morgan fingerprint density at radius 3 is 2.81 bits per heavy atom. The van der Waals surface area contributed by atoms with Gasteiger partial charge in [0.05, 0.1) is 13.7 Å². The average molecular weight is 290 g/mol. The van der Waals surface area contributed by atoms with Crippen molar-refractivity contribution in [2.75, 3.05) is 13.7 Å². The van der Waals surface area contributed by atoms with Crippen molar-refractivity contribution in [3.8, 4) is 11.5 Å². The van der Waals surface area contributed by atoms with Crippen LogP contribution in [0, 0.1) is 0 Å². The number of aromatic nitrogens is 2. The summed E-state index contributed by atoms with van der Waals surface area (Å²) in [6, 6.07) is 7.04. The second-order valence-corrected chi connectivity index (χ2v) is 4.40. The van der Waals surface area contributed by atoms with Crippen molar-refractivity contribution < 1.29 is 14.7 Å². The molecule has 3 N–H and O–H groups in total. The molecule has 0 radical (unpaired) electrons. The minimum atomic E-state index is 0.0229. The van der Waals surface area contributed by atoms with Gasteiger partial charge in [0.15, 0.2) is 17.3 Å². The standard InChI is InChI=1S/C14H18N4O3/c1-18-11(5-7-16-18)6-8-21-12-4-3-10(14(15)17-19)9-13(12)20-2/h3-5,7,9,19H,6,8H2,1-2H3,(H2,15,17). The smallest absolute Gasteiger partial charge is 0.170 e. The molecule has 0 aliphatic heterocycles. The van der Waals surface area contributed by atoms with Crippen molar-refractivity contribution in [2.24, 2.45) is 17.9 Å². The maximum Gasteiger partial charge on any atom is 0.170 e. The Bertz CT molecular complexity index is 637. The number of hydrogen-bond donors (Lipinski definition) is 2. The molecule has 7 nitrogen and oxygen atoms in total. The summed E-state index contributed by atoms with van der Waals surface area (Å²) in [4.78, 5) is 0. The predicted octanol–water partition coefficient (Wildman–Crippen LogP) is 1.14. The van der Waals surface area contributed by atoms with E-state index in [-0.39, 0.29) is 5.84 Å². The number of benzene rings is 1. The minimum Gasteiger partial charge on any atom is -0.493 e. The lowest BCUT2D eigenvalue weighted by Crippen LogP contribution is -2.13. The summed E-state index contributed by atoms with van der Waals surface area (Å²) in [5.41, 5.74) is 7.19. The van der Waals surface area contributed by atoms with Crippen molar-refractivity contribution in [3.63, 3.8) is 0 Å². The van der Waals surface area contributed by atoms with E-state index in [0.29, 0.717) is 23.7 Å². The van der Waals surface area contributed by atoms with Crippen molar-refractivity contribution in [2.45, 2.75) is 6.42 Å². The maximum absolute atomic E-state index is 8.68. The number of amidine groups is 1. The molecule has 0 bridgehead atoms. The summed E-state index contributed by atoms with van der Waals surface area (Å²) in [6.45, 7) is 0.499. The third-order valence-electron chi connectivity index (χ3n) is 3.11. The number of nitrogens with two attached hydrogens (primary N) is 1. The molecule has 0 atom stereocenters. The molecule has 112 valence electrons. The Hall–Kier alpha value is -2.70. The first-order valence-corrected chi connectivity index (χ1v) is 6.41. The van der Waals surface area contributed by atoms with Crippen LogP contribution in [0.25, 0.3) is 0 Å². The van der Waals surface area contributed by atoms with E-state index in [2.05, 4.69) is 10.3 Å². The number of ether oxygens (including phenoxy) is 2. The van der Waals surface area contributed by atoms with Crippen LogP contribution in [-0.2, 0) is 13.5 Å². The van der Waals surface area contributed by atoms with Crippen LogP contribution in [-0.4, -0.2) is 34.5 Å². The summed E-state index contributed by atoms with van der Waals surface area (Å²) in [7, 11) is 3.43. The van der Waals surface area contributed by atoms with Gasteiger partial charge in [-0.2, -0.15) is 5.10 Å². The van der Waals surface area contributed by atoms with E-state index in [1.165, 1.54) is 0 Å². The molecule has 0 unspecified atom stereocenters. The molecule has 1 aromatic carbocycles. The molecule has 1 heterocycles. The second-order valence-electron chi connectivity index (χ2n) is 4.40. The molecule has 1 aromatic heterocycles. The highest BCUT2D eigenvalue weighted by Gasteiger charge is 2.09. The third kappa shape index (κ3) is 3.44. The van der Waals surface area contributed by atoms with Crippen molar-refractivity contribution >= 4 is 5.84 Å². The zero-order valence-electron chi connectivity index (χ0n) is 12.0. The second kappa shape index (κ2) is 6.65. The van der Waals surface area contributed by atoms with Crippen molar-refractivity contribution in [1.29, 1.82) is 0 Å². The van der Waals surface area contributed by atoms with Crippen molar-refractivity contribution in [3.05, 3.63) is 41.7 Å². The van der Waals surface area contributed by atoms with Gasteiger partial charge in [-0.15, -0.1) is 0 Å². The van der Waals surface area contributed by atoms with E-state index in [1.54, 1.807) is 31.5 Å². The summed E-state index contributed by atoms with van der Waals surface area (Å²) in [5.74, 6) is 1.16. The molecule has 0 aliphatic carbocycles. The van der Waals surface area contributed by atoms with Gasteiger partial charge in [-0.25, -0.2) is 0 Å². The molecule has 0 aliphatic rings. The molecule has 2 rings (SSSR count). The van der Waals surface area contributed by atoms with Gasteiger partial charge >= 0.3 is 0 Å². The molecule has 21 heavy (non-hydrogen) atoms. The normalized spacial score (nSPS) is 11.4. The quantitative estimate of drug-likeness (QED) is 0.360. The number of nitrogens with zero attached hydrogens (tertiary/aromatic N) is 3. The van der Waals surface area contributed by atoms with Gasteiger partial charge in [0.25, 0.3) is 0 Å². The SMILES string of the molecule is COc1cc(/C(N)=N/O)ccc1OCCc1ccnn1C. The molecular formula is C14H18N4O3. The first-order valence-electron chi connectivity index (χ1n) is 6.41. The van der Waals surface area contributed by atoms with Crippen LogP contribution in [0.1, 0.15) is 11.3 Å². The van der Waals surface area contributed by atoms with E-state index in [1.807, 2.05) is 17.8 Å². The molecule has 0 saturated carbocycles. The monoisotopic (exact) mass is 290 g/mol. The zero-order valence-corrected chi connectivity index (χ0v) is 12.0. The molecule has 7 heteroatoms. The third-order valence-corrected chi connectivity index (χ3v) is 3.11. The van der Waals surface area contributed by atoms with Gasteiger partial charge in [-0.3, -0.25) is 4.68 Å². The number of rotatable bonds is 6. The fourth-order valence-electron chi connectivity index (χ4n) is 1.92. The van der Waals surface area contributed by atoms with Gasteiger partial charge in [0, 0.05) is 30.9 Å². The van der Waals surface area contributed by atoms with E-state index in [0.717, 1.165) is 12.1 Å². The van der Waals surface area contributed by atoms with Crippen LogP contribution in [0.4, 0.5) is 0 Å². The topological polar surface area (TPSA) is 94.9 Å². The van der Waals surface area contributed by atoms with Crippen LogP contribution in [0.5, 0.6) is 11.5 Å². The van der Waals surface area contributed by atoms with Gasteiger partial charge in [0.1, 0.15) is 0 Å². The minimum absolute atomic E-state index is 0.0229. The molecule has 2 aromatic rings. The highest BCUT2D eigenvalue weighted by atomic mass is 16.5. The summed E-state index contributed by atoms with van der Waals surface area (Å²) < 4.78 is 12.8. The highest BCUT2D eigenvalue weighted by molar-refractivity contribution is 5.97. The lowest BCUT2D eigenvalue weighted by atomic mass is 10.2. The average Bonchev–Trinajstić information content (AvgIpc) is 2.92. The zero-order chi connectivity index (χ0) is 15.2. The maximum atomic E-state index is 8.68. The Morgan fingerprint density at radius 2 is 2.19 bits per heavy atom. The summed E-state index contributed by atoms with van der Waals surface area (Å²) >= 11 is 0. The Labute approximate surface area is 122 Å². The van der Waals surface area contributed by atoms with Crippen LogP contribution in [0.2, 0.25) is 0 Å². The number of oxime groups is 1. The van der Waals surface area contributed by atoms with E-state index in [4.69, 9.17) is 20.4 Å². The van der Waals surface area contributed by atoms with E-state index < -0.39 is 0 Å². The van der Waals surface area contributed by atoms with Gasteiger partial charge in [0.2, 0.25) is 0 Å². The number of aryl methyl sites for hydroxylation is 1. The summed E-state index contributed by atoms with van der Waals surface area (Å²) in [6.07, 6.45) is 2.49. The number of methoxy groups -OCH3 is 1. The fourth-order valence-corrected chi connectivity index (χ4v) is 1.92. The van der Waals surface area contributed by atoms with Crippen LogP contribution in [0.3, 0.4) is 0 Å². The predicted molar refractivity (Wildman–Crippen MR) is 77.9 cm³/mol. The van der Waals surface area contributed by atoms with Crippen molar-refractivity contribution in [1.82, 2.24) is 9.78 Å². The van der Waals surface area contributed by atoms with Crippen LogP contribution in [0.15, 0.2) is 35.6 Å². The Kier molecular flexibility index (Phi) is 4.65. The van der Waals surface area contributed by atoms with E-state index >= 15 is 0 Å². The largest absolute Gasteiger partial charge is 0.493 e. The first-order chi connectivity index (χ1) is 10.2. The molecule has 0 amide bonds. The Balaban J connectivity index is 2.04. The first kappa shape index (κ1) is 14.7. The summed E-state index contributed by atoms with van der Waals surface area (Å²) in [5, 5.41) is 15.7. The lowest BCUT2D eigenvalue weighted by Gasteiger charge is -2.12. The molecular weight excluding hydrogens is 272 g/mol. The van der Waals surface area contributed by atoms with E-state index in [9.17, 15) is 0 Å². The van der Waals surface area contributed by atoms with Gasteiger partial charge in [-0.1, -0.05) is 5.16 Å². The molecule has 0 fully saturated rings. The highest BCUT2D eigenvalue weighted by Crippen LogP contribution is 2.28. The van der Waals surface area contributed by atoms with Gasteiger partial charge < -0.3 is 20.4 Å². The molecule has 0 saturated heterocycles. The molecule has 0 spiro atoms. The Morgan fingerprint density at radius 1 is 1.38 bits per heavy atom.